The summed E-state index contributed by atoms with van der Waals surface area (Å²) in [5.41, 5.74) is 1.38. The van der Waals surface area contributed by atoms with Gasteiger partial charge in [-0.15, -0.1) is 0 Å². The van der Waals surface area contributed by atoms with Crippen LogP contribution < -0.4 is 4.74 Å². The summed E-state index contributed by atoms with van der Waals surface area (Å²) in [6, 6.07) is 5.17. The van der Waals surface area contributed by atoms with E-state index in [9.17, 15) is 9.90 Å². The van der Waals surface area contributed by atoms with E-state index in [1.807, 2.05) is 6.07 Å². The molecule has 0 radical (unpaired) electrons. The zero-order valence-electron chi connectivity index (χ0n) is 10.4. The number of hydrogen-bond acceptors (Lipinski definition) is 5. The van der Waals surface area contributed by atoms with Gasteiger partial charge in [0.25, 0.3) is 0 Å². The Morgan fingerprint density at radius 3 is 2.72 bits per heavy atom. The summed E-state index contributed by atoms with van der Waals surface area (Å²) >= 11 is 0. The molecule has 18 heavy (non-hydrogen) atoms. The molecule has 0 aromatic heterocycles. The molecule has 5 nitrogen and oxygen atoms in total. The molecule has 1 aromatic carbocycles. The number of nitrogens with zero attached hydrogens (tertiary/aromatic N) is 1. The molecule has 1 aromatic rings. The van der Waals surface area contributed by atoms with Gasteiger partial charge < -0.3 is 14.6 Å². The Hall–Kier alpha value is -2.06. The lowest BCUT2D eigenvalue weighted by molar-refractivity contribution is -0.142. The van der Waals surface area contributed by atoms with Crippen molar-refractivity contribution in [1.82, 2.24) is 0 Å². The van der Waals surface area contributed by atoms with Gasteiger partial charge in [-0.2, -0.15) is 5.26 Å². The highest BCUT2D eigenvalue weighted by molar-refractivity contribution is 5.73. The van der Waals surface area contributed by atoms with Gasteiger partial charge in [0.1, 0.15) is 11.8 Å². The number of rotatable bonds is 5. The molecule has 5 heteroatoms. The molecule has 0 fully saturated rings. The lowest BCUT2D eigenvalue weighted by Crippen LogP contribution is -2.10. The Kier molecular flexibility index (Phi) is 5.15. The van der Waals surface area contributed by atoms with Gasteiger partial charge in [-0.25, -0.2) is 0 Å². The first-order chi connectivity index (χ1) is 8.67. The van der Waals surface area contributed by atoms with Crippen molar-refractivity contribution in [2.45, 2.75) is 20.0 Å². The fraction of sp³-hybridized carbons (Fsp3) is 0.385. The SMILES string of the molecule is CCOC(=O)Cc1ccc(C#N)c(OC)c1CO. The van der Waals surface area contributed by atoms with E-state index in [1.54, 1.807) is 19.1 Å². The molecule has 0 amide bonds. The smallest absolute Gasteiger partial charge is 0.310 e. The van der Waals surface area contributed by atoms with Gasteiger partial charge in [0.15, 0.2) is 0 Å². The van der Waals surface area contributed by atoms with Gasteiger partial charge >= 0.3 is 5.97 Å². The zero-order chi connectivity index (χ0) is 13.5. The van der Waals surface area contributed by atoms with E-state index in [1.165, 1.54) is 7.11 Å². The number of hydrogen-bond donors (Lipinski definition) is 1. The number of methoxy groups -OCH3 is 1. The van der Waals surface area contributed by atoms with Crippen LogP contribution in [0.25, 0.3) is 0 Å². The number of aliphatic hydroxyl groups excluding tert-OH is 1. The molecule has 0 heterocycles. The van der Waals surface area contributed by atoms with E-state index < -0.39 is 0 Å². The highest BCUT2D eigenvalue weighted by Gasteiger charge is 2.16. The van der Waals surface area contributed by atoms with Crippen molar-refractivity contribution in [3.63, 3.8) is 0 Å². The summed E-state index contributed by atoms with van der Waals surface area (Å²) in [7, 11) is 1.42. The number of esters is 1. The average Bonchev–Trinajstić information content (AvgIpc) is 2.38. The molecule has 0 saturated heterocycles. The first-order valence-electron chi connectivity index (χ1n) is 5.53. The Labute approximate surface area is 106 Å². The topological polar surface area (TPSA) is 79.6 Å². The van der Waals surface area contributed by atoms with Crippen LogP contribution in [-0.2, 0) is 22.6 Å². The standard InChI is InChI=1S/C13H15NO4/c1-3-18-12(16)6-9-4-5-10(7-14)13(17-2)11(9)8-15/h4-5,15H,3,6,8H2,1-2H3. The van der Waals surface area contributed by atoms with E-state index >= 15 is 0 Å². The Bertz CT molecular complexity index is 477. The minimum Gasteiger partial charge on any atom is -0.495 e. The molecule has 0 atom stereocenters. The number of ether oxygens (including phenoxy) is 2. The normalized spacial score (nSPS) is 9.67. The summed E-state index contributed by atoms with van der Waals surface area (Å²) in [4.78, 5) is 11.4. The minimum absolute atomic E-state index is 0.0474. The van der Waals surface area contributed by atoms with Crippen LogP contribution in [0.15, 0.2) is 12.1 Å². The maximum absolute atomic E-state index is 11.4. The monoisotopic (exact) mass is 249 g/mol. The minimum atomic E-state index is -0.376. The van der Waals surface area contributed by atoms with Gasteiger partial charge in [-0.05, 0) is 18.6 Å². The highest BCUT2D eigenvalue weighted by Crippen LogP contribution is 2.27. The number of aliphatic hydroxyl groups is 1. The van der Waals surface area contributed by atoms with Crippen LogP contribution in [0.3, 0.4) is 0 Å². The second kappa shape index (κ2) is 6.62. The van der Waals surface area contributed by atoms with Crippen LogP contribution in [0, 0.1) is 11.3 Å². The zero-order valence-corrected chi connectivity index (χ0v) is 10.4. The van der Waals surface area contributed by atoms with Gasteiger partial charge in [-0.3, -0.25) is 4.79 Å². The average molecular weight is 249 g/mol. The third-order valence-corrected chi connectivity index (χ3v) is 2.48. The Morgan fingerprint density at radius 1 is 1.50 bits per heavy atom. The van der Waals surface area contributed by atoms with Gasteiger partial charge in [-0.1, -0.05) is 6.07 Å². The number of carbonyl (C=O) groups is 1. The van der Waals surface area contributed by atoms with Crippen molar-refractivity contribution in [3.8, 4) is 11.8 Å². The summed E-state index contributed by atoms with van der Waals surface area (Å²) < 4.78 is 9.95. The van der Waals surface area contributed by atoms with Crippen LogP contribution in [0.2, 0.25) is 0 Å². The fourth-order valence-corrected chi connectivity index (χ4v) is 1.70. The van der Waals surface area contributed by atoms with Crippen LogP contribution >= 0.6 is 0 Å². The van der Waals surface area contributed by atoms with Crippen LogP contribution in [0.5, 0.6) is 5.75 Å². The van der Waals surface area contributed by atoms with Gasteiger partial charge in [0.2, 0.25) is 0 Å². The molecular formula is C13H15NO4. The molecule has 0 saturated carbocycles. The molecule has 0 aliphatic heterocycles. The lowest BCUT2D eigenvalue weighted by Gasteiger charge is -2.13. The van der Waals surface area contributed by atoms with E-state index in [0.29, 0.717) is 29.0 Å². The Morgan fingerprint density at radius 2 is 2.22 bits per heavy atom. The van der Waals surface area contributed by atoms with Crippen molar-refractivity contribution in [3.05, 3.63) is 28.8 Å². The maximum Gasteiger partial charge on any atom is 0.310 e. The van der Waals surface area contributed by atoms with Crippen LogP contribution in [-0.4, -0.2) is 24.8 Å². The number of carbonyl (C=O) groups excluding carboxylic acids is 1. The first kappa shape index (κ1) is 14.0. The van der Waals surface area contributed by atoms with E-state index in [4.69, 9.17) is 14.7 Å². The molecule has 0 spiro atoms. The first-order valence-corrected chi connectivity index (χ1v) is 5.53. The van der Waals surface area contributed by atoms with Crippen molar-refractivity contribution in [2.24, 2.45) is 0 Å². The fourth-order valence-electron chi connectivity index (χ4n) is 1.70. The molecule has 0 aliphatic carbocycles. The second-order valence-corrected chi connectivity index (χ2v) is 3.54. The Balaban J connectivity index is 3.13. The van der Waals surface area contributed by atoms with E-state index in [0.717, 1.165) is 0 Å². The summed E-state index contributed by atoms with van der Waals surface area (Å²) in [6.07, 6.45) is 0.0474. The molecule has 0 bridgehead atoms. The van der Waals surface area contributed by atoms with Crippen LogP contribution in [0.1, 0.15) is 23.6 Å². The van der Waals surface area contributed by atoms with Gasteiger partial charge in [0.05, 0.1) is 32.3 Å². The third-order valence-electron chi connectivity index (χ3n) is 2.48. The van der Waals surface area contributed by atoms with Crippen LogP contribution in [0.4, 0.5) is 0 Å². The third kappa shape index (κ3) is 2.99. The van der Waals surface area contributed by atoms with Crippen molar-refractivity contribution >= 4 is 5.97 Å². The summed E-state index contributed by atoms with van der Waals surface area (Å²) in [5, 5.41) is 18.3. The molecule has 96 valence electrons. The molecule has 0 unspecified atom stereocenters. The van der Waals surface area contributed by atoms with Gasteiger partial charge in [0, 0.05) is 5.56 Å². The molecule has 1 rings (SSSR count). The number of nitriles is 1. The number of benzene rings is 1. The predicted octanol–water partition coefficient (Wildman–Crippen LogP) is 1.16. The predicted molar refractivity (Wildman–Crippen MR) is 64.0 cm³/mol. The molecular weight excluding hydrogens is 234 g/mol. The lowest BCUT2D eigenvalue weighted by atomic mass is 10.0. The summed E-state index contributed by atoms with van der Waals surface area (Å²) in [6.45, 7) is 1.73. The quantitative estimate of drug-likeness (QED) is 0.792. The van der Waals surface area contributed by atoms with Crippen molar-refractivity contribution in [2.75, 3.05) is 13.7 Å². The second-order valence-electron chi connectivity index (χ2n) is 3.54. The van der Waals surface area contributed by atoms with Crippen molar-refractivity contribution in [1.29, 1.82) is 5.26 Å². The summed E-state index contributed by atoms with van der Waals surface area (Å²) in [5.74, 6) is -0.0687. The maximum atomic E-state index is 11.4. The molecule has 0 aliphatic rings. The van der Waals surface area contributed by atoms with E-state index in [-0.39, 0.29) is 19.0 Å². The van der Waals surface area contributed by atoms with E-state index in [2.05, 4.69) is 0 Å². The largest absolute Gasteiger partial charge is 0.495 e. The highest BCUT2D eigenvalue weighted by atomic mass is 16.5. The van der Waals surface area contributed by atoms with Crippen molar-refractivity contribution < 1.29 is 19.4 Å². The molecule has 1 N–H and O–H groups in total.